The monoisotopic (exact) mass is 195 g/mol. The average molecular weight is 195 g/mol. The van der Waals surface area contributed by atoms with E-state index in [0.717, 1.165) is 10.6 Å². The van der Waals surface area contributed by atoms with E-state index in [0.29, 0.717) is 6.54 Å². The van der Waals surface area contributed by atoms with Crippen molar-refractivity contribution in [3.8, 4) is 0 Å². The van der Waals surface area contributed by atoms with Gasteiger partial charge < -0.3 is 4.90 Å². The van der Waals surface area contributed by atoms with Crippen LogP contribution in [0.25, 0.3) is 0 Å². The SMILES string of the molecule is C=CCN1c2ccccc2SC1F. The van der Waals surface area contributed by atoms with Crippen molar-refractivity contribution in [3.63, 3.8) is 0 Å². The minimum absolute atomic E-state index is 0.561. The topological polar surface area (TPSA) is 3.24 Å². The fraction of sp³-hybridized carbons (Fsp3) is 0.200. The molecule has 1 unspecified atom stereocenters. The fourth-order valence-electron chi connectivity index (χ4n) is 1.39. The molecule has 0 bridgehead atoms. The Morgan fingerprint density at radius 3 is 3.08 bits per heavy atom. The number of alkyl halides is 1. The molecule has 0 amide bonds. The molecule has 0 spiro atoms. The van der Waals surface area contributed by atoms with E-state index in [1.165, 1.54) is 11.8 Å². The van der Waals surface area contributed by atoms with Crippen molar-refractivity contribution >= 4 is 17.4 Å². The normalized spacial score (nSPS) is 20.1. The first-order chi connectivity index (χ1) is 6.33. The number of fused-ring (bicyclic) bond motifs is 1. The lowest BCUT2D eigenvalue weighted by Crippen LogP contribution is -2.25. The standard InChI is InChI=1S/C10H10FNS/c1-2-7-12-8-5-3-4-6-9(8)13-10(12)11/h2-6,10H,1,7H2. The van der Waals surface area contributed by atoms with Crippen LogP contribution in [-0.4, -0.2) is 12.2 Å². The summed E-state index contributed by atoms with van der Waals surface area (Å²) < 4.78 is 13.4. The first-order valence-corrected chi connectivity index (χ1v) is 4.98. The second-order valence-corrected chi connectivity index (χ2v) is 3.88. The Bertz CT molecular complexity index is 326. The van der Waals surface area contributed by atoms with Gasteiger partial charge in [0.1, 0.15) is 0 Å². The molecule has 1 atom stereocenters. The van der Waals surface area contributed by atoms with Crippen molar-refractivity contribution in [2.75, 3.05) is 11.4 Å². The summed E-state index contributed by atoms with van der Waals surface area (Å²) in [4.78, 5) is 2.71. The van der Waals surface area contributed by atoms with Gasteiger partial charge in [-0.05, 0) is 12.1 Å². The molecule has 68 valence electrons. The maximum Gasteiger partial charge on any atom is 0.224 e. The van der Waals surface area contributed by atoms with Crippen molar-refractivity contribution < 1.29 is 4.39 Å². The number of nitrogens with zero attached hydrogens (tertiary/aromatic N) is 1. The number of rotatable bonds is 2. The first-order valence-electron chi connectivity index (χ1n) is 4.10. The van der Waals surface area contributed by atoms with E-state index in [1.807, 2.05) is 24.3 Å². The van der Waals surface area contributed by atoms with Crippen LogP contribution in [-0.2, 0) is 0 Å². The molecule has 1 nitrogen and oxygen atoms in total. The lowest BCUT2D eigenvalue weighted by molar-refractivity contribution is 0.446. The predicted octanol–water partition coefficient (Wildman–Crippen LogP) is 3.04. The van der Waals surface area contributed by atoms with Gasteiger partial charge in [0.25, 0.3) is 0 Å². The van der Waals surface area contributed by atoms with E-state index in [2.05, 4.69) is 6.58 Å². The first kappa shape index (κ1) is 8.63. The third kappa shape index (κ3) is 1.44. The lowest BCUT2D eigenvalue weighted by atomic mass is 10.3. The van der Waals surface area contributed by atoms with Crippen LogP contribution in [0.3, 0.4) is 0 Å². The van der Waals surface area contributed by atoms with Crippen LogP contribution >= 0.6 is 11.8 Å². The molecule has 0 fully saturated rings. The van der Waals surface area contributed by atoms with Crippen molar-refractivity contribution in [3.05, 3.63) is 36.9 Å². The maximum absolute atomic E-state index is 13.4. The summed E-state index contributed by atoms with van der Waals surface area (Å²) in [6.07, 6.45) is 1.72. The molecule has 0 radical (unpaired) electrons. The molecule has 0 saturated carbocycles. The zero-order valence-corrected chi connectivity index (χ0v) is 7.93. The van der Waals surface area contributed by atoms with Crippen molar-refractivity contribution in [2.45, 2.75) is 10.5 Å². The molecule has 1 aliphatic heterocycles. The van der Waals surface area contributed by atoms with Gasteiger partial charge in [0.15, 0.2) is 0 Å². The van der Waals surface area contributed by atoms with Gasteiger partial charge >= 0.3 is 0 Å². The highest BCUT2D eigenvalue weighted by Crippen LogP contribution is 2.43. The molecule has 1 aromatic carbocycles. The van der Waals surface area contributed by atoms with Crippen LogP contribution in [0.4, 0.5) is 10.1 Å². The van der Waals surface area contributed by atoms with Crippen LogP contribution in [0, 0.1) is 0 Å². The van der Waals surface area contributed by atoms with Gasteiger partial charge in [-0.15, -0.1) is 6.58 Å². The maximum atomic E-state index is 13.4. The van der Waals surface area contributed by atoms with E-state index < -0.39 is 5.63 Å². The lowest BCUT2D eigenvalue weighted by Gasteiger charge is -2.18. The van der Waals surface area contributed by atoms with E-state index in [-0.39, 0.29) is 0 Å². The highest BCUT2D eigenvalue weighted by molar-refractivity contribution is 8.00. The Labute approximate surface area is 81.2 Å². The van der Waals surface area contributed by atoms with Crippen molar-refractivity contribution in [1.29, 1.82) is 0 Å². The molecule has 1 aliphatic rings. The Hall–Kier alpha value is -0.960. The summed E-state index contributed by atoms with van der Waals surface area (Å²) >= 11 is 1.25. The minimum Gasteiger partial charge on any atom is -0.328 e. The third-order valence-electron chi connectivity index (χ3n) is 1.97. The predicted molar refractivity (Wildman–Crippen MR) is 54.7 cm³/mol. The summed E-state index contributed by atoms with van der Waals surface area (Å²) in [5.74, 6) is 0. The zero-order chi connectivity index (χ0) is 9.26. The van der Waals surface area contributed by atoms with Crippen LogP contribution in [0.5, 0.6) is 0 Å². The van der Waals surface area contributed by atoms with Gasteiger partial charge in [-0.3, -0.25) is 0 Å². The quantitative estimate of drug-likeness (QED) is 0.527. The van der Waals surface area contributed by atoms with E-state index in [9.17, 15) is 4.39 Å². The van der Waals surface area contributed by atoms with Gasteiger partial charge in [0, 0.05) is 11.4 Å². The number of para-hydroxylation sites is 1. The number of thioether (sulfide) groups is 1. The van der Waals surface area contributed by atoms with Gasteiger partial charge in [0.2, 0.25) is 5.63 Å². The highest BCUT2D eigenvalue weighted by atomic mass is 32.2. The fourth-order valence-corrected chi connectivity index (χ4v) is 2.39. The summed E-state index contributed by atoms with van der Waals surface area (Å²) in [5.41, 5.74) is 0.00954. The number of anilines is 1. The zero-order valence-electron chi connectivity index (χ0n) is 7.11. The van der Waals surface area contributed by atoms with E-state index >= 15 is 0 Å². The summed E-state index contributed by atoms with van der Waals surface area (Å²) in [5, 5.41) is 0. The van der Waals surface area contributed by atoms with Crippen LogP contribution in [0.15, 0.2) is 41.8 Å². The number of halogens is 1. The second-order valence-electron chi connectivity index (χ2n) is 2.82. The van der Waals surface area contributed by atoms with Crippen molar-refractivity contribution in [1.82, 2.24) is 0 Å². The largest absolute Gasteiger partial charge is 0.328 e. The van der Waals surface area contributed by atoms with E-state index in [4.69, 9.17) is 0 Å². The number of hydrogen-bond donors (Lipinski definition) is 0. The van der Waals surface area contributed by atoms with Crippen LogP contribution < -0.4 is 4.90 Å². The molecule has 3 heteroatoms. The van der Waals surface area contributed by atoms with Gasteiger partial charge in [0.05, 0.1) is 5.69 Å². The third-order valence-corrected chi connectivity index (χ3v) is 3.02. The number of hydrogen-bond acceptors (Lipinski definition) is 2. The molecule has 2 rings (SSSR count). The average Bonchev–Trinajstić information content (AvgIpc) is 2.44. The van der Waals surface area contributed by atoms with Gasteiger partial charge in [-0.2, -0.15) is 0 Å². The summed E-state index contributed by atoms with van der Waals surface area (Å²) in [6.45, 7) is 4.17. The Morgan fingerprint density at radius 2 is 2.31 bits per heavy atom. The molecule has 1 aromatic rings. The molecule has 1 heterocycles. The molecule has 0 saturated heterocycles. The van der Waals surface area contributed by atoms with Gasteiger partial charge in [-0.25, -0.2) is 4.39 Å². The second kappa shape index (κ2) is 3.42. The molecule has 13 heavy (non-hydrogen) atoms. The Kier molecular flexibility index (Phi) is 2.27. The molecular weight excluding hydrogens is 185 g/mol. The molecule has 0 aromatic heterocycles. The van der Waals surface area contributed by atoms with Crippen LogP contribution in [0.2, 0.25) is 0 Å². The van der Waals surface area contributed by atoms with Crippen molar-refractivity contribution in [2.24, 2.45) is 0 Å². The summed E-state index contributed by atoms with van der Waals surface area (Å²) in [7, 11) is 0. The smallest absolute Gasteiger partial charge is 0.224 e. The summed E-state index contributed by atoms with van der Waals surface area (Å²) in [6, 6.07) is 7.73. The van der Waals surface area contributed by atoms with Gasteiger partial charge in [-0.1, -0.05) is 30.0 Å². The molecule has 0 N–H and O–H groups in total. The Balaban J connectivity index is 2.34. The highest BCUT2D eigenvalue weighted by Gasteiger charge is 2.28. The Morgan fingerprint density at radius 1 is 1.54 bits per heavy atom. The minimum atomic E-state index is -0.963. The molecular formula is C10H10FNS. The molecule has 0 aliphatic carbocycles. The van der Waals surface area contributed by atoms with Crippen LogP contribution in [0.1, 0.15) is 0 Å². The van der Waals surface area contributed by atoms with E-state index in [1.54, 1.807) is 11.0 Å². The number of benzene rings is 1.